The van der Waals surface area contributed by atoms with Crippen molar-refractivity contribution >= 4 is 29.2 Å². The molecule has 0 spiro atoms. The highest BCUT2D eigenvalue weighted by Gasteiger charge is 2.21. The summed E-state index contributed by atoms with van der Waals surface area (Å²) in [6, 6.07) is 6.37. The number of rotatable bonds is 3. The molecule has 0 fully saturated rings. The summed E-state index contributed by atoms with van der Waals surface area (Å²) in [4.78, 5) is 22.8. The molecule has 2 rings (SSSR count). The summed E-state index contributed by atoms with van der Waals surface area (Å²) in [7, 11) is 0. The number of hydrogen-bond acceptors (Lipinski definition) is 3. The lowest BCUT2D eigenvalue weighted by atomic mass is 10.2. The number of carboxylic acid groups (broad SMARTS) is 1. The fourth-order valence-electron chi connectivity index (χ4n) is 1.58. The number of furan rings is 1. The van der Waals surface area contributed by atoms with E-state index in [1.54, 1.807) is 25.1 Å². The van der Waals surface area contributed by atoms with E-state index in [9.17, 15) is 9.59 Å². The third-order valence-electron chi connectivity index (χ3n) is 2.54. The molecule has 6 heteroatoms. The number of amides is 1. The number of nitrogens with one attached hydrogen (secondary N) is 1. The highest BCUT2D eigenvalue weighted by atomic mass is 35.5. The Kier molecular flexibility index (Phi) is 3.57. The van der Waals surface area contributed by atoms with Gasteiger partial charge in [-0.15, -0.1) is 0 Å². The summed E-state index contributed by atoms with van der Waals surface area (Å²) >= 11 is 6.04. The van der Waals surface area contributed by atoms with Crippen LogP contribution in [0.2, 0.25) is 5.02 Å². The van der Waals surface area contributed by atoms with Crippen molar-refractivity contribution in [1.82, 2.24) is 0 Å². The third kappa shape index (κ3) is 2.61. The van der Waals surface area contributed by atoms with Crippen LogP contribution in [0.5, 0.6) is 0 Å². The van der Waals surface area contributed by atoms with E-state index in [1.807, 2.05) is 0 Å². The molecule has 2 aromatic rings. The van der Waals surface area contributed by atoms with Gasteiger partial charge in [0.05, 0.1) is 17.0 Å². The van der Waals surface area contributed by atoms with Gasteiger partial charge >= 0.3 is 5.97 Å². The molecule has 0 saturated heterocycles. The van der Waals surface area contributed by atoms with Gasteiger partial charge in [-0.1, -0.05) is 23.7 Å². The van der Waals surface area contributed by atoms with Gasteiger partial charge in [-0.05, 0) is 24.6 Å². The maximum atomic E-state index is 11.9. The fourth-order valence-corrected chi connectivity index (χ4v) is 1.75. The van der Waals surface area contributed by atoms with Gasteiger partial charge in [-0.3, -0.25) is 4.79 Å². The second kappa shape index (κ2) is 5.16. The zero-order valence-electron chi connectivity index (χ0n) is 9.94. The molecule has 1 heterocycles. The molecule has 0 aliphatic rings. The average molecular weight is 280 g/mol. The molecule has 0 unspecified atom stereocenters. The van der Waals surface area contributed by atoms with Crippen molar-refractivity contribution in [3.8, 4) is 0 Å². The summed E-state index contributed by atoms with van der Waals surface area (Å²) in [6.45, 7) is 1.80. The van der Waals surface area contributed by atoms with E-state index in [4.69, 9.17) is 21.1 Å². The first-order valence-electron chi connectivity index (χ1n) is 5.38. The first-order chi connectivity index (χ1) is 9.00. The first-order valence-corrected chi connectivity index (χ1v) is 5.75. The Balaban J connectivity index is 2.29. The van der Waals surface area contributed by atoms with Gasteiger partial charge in [0.25, 0.3) is 5.91 Å². The smallest absolute Gasteiger partial charge is 0.339 e. The van der Waals surface area contributed by atoms with Crippen molar-refractivity contribution in [1.29, 1.82) is 0 Å². The fraction of sp³-hybridized carbons (Fsp3) is 0.0769. The maximum Gasteiger partial charge on any atom is 0.339 e. The summed E-state index contributed by atoms with van der Waals surface area (Å²) in [5, 5.41) is 11.8. The van der Waals surface area contributed by atoms with E-state index in [-0.39, 0.29) is 11.3 Å². The van der Waals surface area contributed by atoms with Gasteiger partial charge in [0, 0.05) is 0 Å². The first kappa shape index (κ1) is 13.2. The number of carbonyl (C=O) groups excluding carboxylic acids is 1. The maximum absolute atomic E-state index is 11.9. The lowest BCUT2D eigenvalue weighted by Crippen LogP contribution is -2.15. The van der Waals surface area contributed by atoms with Crippen LogP contribution in [-0.2, 0) is 0 Å². The number of hydrogen-bond donors (Lipinski definition) is 2. The molecule has 0 atom stereocenters. The number of halogens is 1. The van der Waals surface area contributed by atoms with Crippen LogP contribution in [0.4, 0.5) is 5.69 Å². The Morgan fingerprint density at radius 3 is 2.74 bits per heavy atom. The van der Waals surface area contributed by atoms with Gasteiger partial charge in [-0.2, -0.15) is 0 Å². The van der Waals surface area contributed by atoms with Crippen LogP contribution >= 0.6 is 11.6 Å². The van der Waals surface area contributed by atoms with Gasteiger partial charge in [0.15, 0.2) is 0 Å². The lowest BCUT2D eigenvalue weighted by Gasteiger charge is -2.07. The molecule has 98 valence electrons. The minimum absolute atomic E-state index is 0.193. The standard InChI is InChI=1S/C13H10ClNO4/c1-7-3-2-4-9(10(7)14)15-12(16)11-8(13(17)18)5-6-19-11/h2-6H,1H3,(H,15,16)(H,17,18). The summed E-state index contributed by atoms with van der Waals surface area (Å²) in [5.41, 5.74) is 1.01. The molecule has 0 bridgehead atoms. The second-order valence-electron chi connectivity index (χ2n) is 3.86. The molecular weight excluding hydrogens is 270 g/mol. The van der Waals surface area contributed by atoms with E-state index in [0.717, 1.165) is 11.8 Å². The molecule has 0 saturated carbocycles. The van der Waals surface area contributed by atoms with Crippen LogP contribution < -0.4 is 5.32 Å². The van der Waals surface area contributed by atoms with Crippen LogP contribution in [0.15, 0.2) is 34.9 Å². The van der Waals surface area contributed by atoms with Crippen LogP contribution in [0, 0.1) is 6.92 Å². The van der Waals surface area contributed by atoms with Gasteiger partial charge < -0.3 is 14.8 Å². The predicted octanol–water partition coefficient (Wildman–Crippen LogP) is 3.19. The SMILES string of the molecule is Cc1cccc(NC(=O)c2occc2C(=O)O)c1Cl. The number of benzene rings is 1. The van der Waals surface area contributed by atoms with Gasteiger partial charge in [0.1, 0.15) is 5.56 Å². The van der Waals surface area contributed by atoms with Gasteiger partial charge in [0.2, 0.25) is 5.76 Å². The lowest BCUT2D eigenvalue weighted by molar-refractivity contribution is 0.0690. The van der Waals surface area contributed by atoms with E-state index in [2.05, 4.69) is 5.32 Å². The van der Waals surface area contributed by atoms with E-state index in [1.165, 1.54) is 6.07 Å². The molecule has 2 N–H and O–H groups in total. The van der Waals surface area contributed by atoms with Crippen molar-refractivity contribution in [2.75, 3.05) is 5.32 Å². The van der Waals surface area contributed by atoms with Crippen LogP contribution in [0.3, 0.4) is 0 Å². The summed E-state index contributed by atoms with van der Waals surface area (Å²) < 4.78 is 4.89. The number of aryl methyl sites for hydroxylation is 1. The number of aromatic carboxylic acids is 1. The molecule has 1 aromatic heterocycles. The highest BCUT2D eigenvalue weighted by molar-refractivity contribution is 6.34. The summed E-state index contributed by atoms with van der Waals surface area (Å²) in [5.74, 6) is -2.14. The number of carboxylic acids is 1. The molecular formula is C13H10ClNO4. The topological polar surface area (TPSA) is 79.5 Å². The van der Waals surface area contributed by atoms with E-state index >= 15 is 0 Å². The Morgan fingerprint density at radius 2 is 2.05 bits per heavy atom. The van der Waals surface area contributed by atoms with E-state index in [0.29, 0.717) is 10.7 Å². The quantitative estimate of drug-likeness (QED) is 0.904. The van der Waals surface area contributed by atoms with E-state index < -0.39 is 11.9 Å². The normalized spacial score (nSPS) is 10.2. The third-order valence-corrected chi connectivity index (χ3v) is 3.04. The number of anilines is 1. The van der Waals surface area contributed by atoms with Crippen LogP contribution in [-0.4, -0.2) is 17.0 Å². The Bertz CT molecular complexity index is 648. The Labute approximate surface area is 113 Å². The molecule has 1 amide bonds. The summed E-state index contributed by atoms with van der Waals surface area (Å²) in [6.07, 6.45) is 1.15. The van der Waals surface area contributed by atoms with Crippen molar-refractivity contribution in [2.24, 2.45) is 0 Å². The molecule has 5 nitrogen and oxygen atoms in total. The monoisotopic (exact) mass is 279 g/mol. The van der Waals surface area contributed by atoms with Gasteiger partial charge in [-0.25, -0.2) is 4.79 Å². The minimum Gasteiger partial charge on any atom is -0.478 e. The zero-order chi connectivity index (χ0) is 14.0. The van der Waals surface area contributed by atoms with Crippen molar-refractivity contribution < 1.29 is 19.1 Å². The average Bonchev–Trinajstić information content (AvgIpc) is 2.84. The van der Waals surface area contributed by atoms with Crippen LogP contribution in [0.1, 0.15) is 26.5 Å². The van der Waals surface area contributed by atoms with Crippen molar-refractivity contribution in [3.63, 3.8) is 0 Å². The Morgan fingerprint density at radius 1 is 1.32 bits per heavy atom. The second-order valence-corrected chi connectivity index (χ2v) is 4.24. The van der Waals surface area contributed by atoms with Crippen molar-refractivity contribution in [2.45, 2.75) is 6.92 Å². The number of carbonyl (C=O) groups is 2. The Hall–Kier alpha value is -2.27. The predicted molar refractivity (Wildman–Crippen MR) is 69.8 cm³/mol. The molecule has 1 aromatic carbocycles. The molecule has 0 radical (unpaired) electrons. The zero-order valence-corrected chi connectivity index (χ0v) is 10.7. The largest absolute Gasteiger partial charge is 0.478 e. The highest BCUT2D eigenvalue weighted by Crippen LogP contribution is 2.26. The molecule has 0 aliphatic heterocycles. The van der Waals surface area contributed by atoms with Crippen LogP contribution in [0.25, 0.3) is 0 Å². The molecule has 19 heavy (non-hydrogen) atoms. The minimum atomic E-state index is -1.23. The van der Waals surface area contributed by atoms with Crippen molar-refractivity contribution in [3.05, 3.63) is 52.4 Å². The molecule has 0 aliphatic carbocycles.